The van der Waals surface area contributed by atoms with Gasteiger partial charge in [-0.1, -0.05) is 12.1 Å². The maximum absolute atomic E-state index is 9.56. The molecule has 3 rings (SSSR count). The number of nitrogens with zero attached hydrogens (tertiary/aromatic N) is 2. The van der Waals surface area contributed by atoms with Gasteiger partial charge in [0.05, 0.1) is 33.6 Å². The van der Waals surface area contributed by atoms with Gasteiger partial charge in [-0.3, -0.25) is 0 Å². The lowest BCUT2D eigenvalue weighted by molar-refractivity contribution is 0.275. The van der Waals surface area contributed by atoms with Crippen molar-refractivity contribution in [2.24, 2.45) is 4.99 Å². The summed E-state index contributed by atoms with van der Waals surface area (Å²) >= 11 is 1.51. The number of ether oxygens (including phenoxy) is 3. The smallest absolute Gasteiger partial charge is 0.190 e. The lowest BCUT2D eigenvalue weighted by Crippen LogP contribution is -2.18. The Balaban J connectivity index is 2.13. The van der Waals surface area contributed by atoms with E-state index in [9.17, 15) is 5.11 Å². The van der Waals surface area contributed by atoms with Crippen LogP contribution in [0.1, 0.15) is 0 Å². The molecule has 0 bridgehead atoms. The van der Waals surface area contributed by atoms with Crippen LogP contribution in [0.4, 0.5) is 5.69 Å². The first kappa shape index (κ1) is 19.0. The molecule has 2 aromatic carbocycles. The first-order valence-corrected chi connectivity index (χ1v) is 9.29. The van der Waals surface area contributed by atoms with Crippen molar-refractivity contribution in [1.29, 1.82) is 0 Å². The Morgan fingerprint density at radius 2 is 1.70 bits per heavy atom. The van der Waals surface area contributed by atoms with E-state index in [1.807, 2.05) is 52.4 Å². The minimum absolute atomic E-state index is 0.0101. The summed E-state index contributed by atoms with van der Waals surface area (Å²) in [5.41, 5.74) is 2.65. The molecule has 0 aliphatic carbocycles. The second kappa shape index (κ2) is 8.75. The third kappa shape index (κ3) is 3.99. The van der Waals surface area contributed by atoms with Gasteiger partial charge in [-0.05, 0) is 30.3 Å². The van der Waals surface area contributed by atoms with Crippen molar-refractivity contribution in [3.05, 3.63) is 52.6 Å². The van der Waals surface area contributed by atoms with Crippen molar-refractivity contribution in [1.82, 2.24) is 4.57 Å². The first-order chi connectivity index (χ1) is 13.2. The van der Waals surface area contributed by atoms with Crippen molar-refractivity contribution in [2.75, 3.05) is 27.9 Å². The number of aliphatic hydroxyl groups excluding tert-OH is 1. The van der Waals surface area contributed by atoms with Gasteiger partial charge in [-0.15, -0.1) is 11.3 Å². The Morgan fingerprint density at radius 1 is 0.963 bits per heavy atom. The summed E-state index contributed by atoms with van der Waals surface area (Å²) in [5.74, 6) is 2.03. The van der Waals surface area contributed by atoms with Crippen LogP contribution in [0.25, 0.3) is 11.3 Å². The number of rotatable bonds is 7. The van der Waals surface area contributed by atoms with Crippen LogP contribution in [0.3, 0.4) is 0 Å². The molecule has 6 nitrogen and oxygen atoms in total. The molecule has 0 aliphatic rings. The van der Waals surface area contributed by atoms with Crippen molar-refractivity contribution in [3.63, 3.8) is 0 Å². The van der Waals surface area contributed by atoms with Crippen molar-refractivity contribution < 1.29 is 19.3 Å². The van der Waals surface area contributed by atoms with Gasteiger partial charge in [0.1, 0.15) is 11.4 Å². The molecule has 142 valence electrons. The first-order valence-electron chi connectivity index (χ1n) is 8.41. The number of hydrogen-bond donors (Lipinski definition) is 1. The summed E-state index contributed by atoms with van der Waals surface area (Å²) in [6, 6.07) is 13.3. The summed E-state index contributed by atoms with van der Waals surface area (Å²) in [6.07, 6.45) is 0. The Labute approximate surface area is 161 Å². The van der Waals surface area contributed by atoms with E-state index < -0.39 is 0 Å². The van der Waals surface area contributed by atoms with Crippen LogP contribution in [0.2, 0.25) is 0 Å². The molecule has 0 fully saturated rings. The largest absolute Gasteiger partial charge is 0.494 e. The zero-order chi connectivity index (χ0) is 19.2. The van der Waals surface area contributed by atoms with Gasteiger partial charge in [0.2, 0.25) is 0 Å². The van der Waals surface area contributed by atoms with E-state index >= 15 is 0 Å². The summed E-state index contributed by atoms with van der Waals surface area (Å²) in [5, 5.41) is 11.6. The van der Waals surface area contributed by atoms with E-state index in [1.165, 1.54) is 11.3 Å². The molecule has 27 heavy (non-hydrogen) atoms. The average Bonchev–Trinajstić information content (AvgIpc) is 3.10. The van der Waals surface area contributed by atoms with Gasteiger partial charge >= 0.3 is 0 Å². The molecular formula is C20H22N2O4S. The fourth-order valence-corrected chi connectivity index (χ4v) is 3.73. The molecule has 0 amide bonds. The molecule has 3 aromatic rings. The van der Waals surface area contributed by atoms with Crippen LogP contribution in [0.15, 0.2) is 52.8 Å². The number of para-hydroxylation sites is 2. The fraction of sp³-hybridized carbons (Fsp3) is 0.250. The van der Waals surface area contributed by atoms with Crippen molar-refractivity contribution >= 4 is 17.0 Å². The average molecular weight is 386 g/mol. The van der Waals surface area contributed by atoms with Crippen molar-refractivity contribution in [2.45, 2.75) is 6.54 Å². The number of hydrogen-bond acceptors (Lipinski definition) is 6. The summed E-state index contributed by atoms with van der Waals surface area (Å²) in [4.78, 5) is 5.52. The molecule has 1 aromatic heterocycles. The highest BCUT2D eigenvalue weighted by Gasteiger charge is 2.12. The lowest BCUT2D eigenvalue weighted by atomic mass is 10.1. The molecule has 1 heterocycles. The SMILES string of the molecule is COc1ccccc1N=c1scc(-c2ccc(OC)c(OC)c2)n1CCO. The maximum atomic E-state index is 9.56. The molecule has 0 radical (unpaired) electrons. The number of aliphatic hydroxyl groups is 1. The van der Waals surface area contributed by atoms with E-state index in [2.05, 4.69) is 0 Å². The van der Waals surface area contributed by atoms with Crippen LogP contribution >= 0.6 is 11.3 Å². The van der Waals surface area contributed by atoms with Gasteiger partial charge in [0, 0.05) is 17.5 Å². The number of aromatic nitrogens is 1. The second-order valence-electron chi connectivity index (χ2n) is 5.63. The monoisotopic (exact) mass is 386 g/mol. The zero-order valence-corrected chi connectivity index (χ0v) is 16.3. The molecular weight excluding hydrogens is 364 g/mol. The summed E-state index contributed by atoms with van der Waals surface area (Å²) in [7, 11) is 4.84. The number of benzene rings is 2. The molecule has 0 spiro atoms. The Bertz CT molecular complexity index is 978. The fourth-order valence-electron chi connectivity index (χ4n) is 2.79. The topological polar surface area (TPSA) is 65.2 Å². The van der Waals surface area contributed by atoms with Crippen molar-refractivity contribution in [3.8, 4) is 28.5 Å². The highest BCUT2D eigenvalue weighted by atomic mass is 32.1. The van der Waals surface area contributed by atoms with Crippen LogP contribution in [-0.2, 0) is 6.54 Å². The number of methoxy groups -OCH3 is 3. The van der Waals surface area contributed by atoms with E-state index in [0.29, 0.717) is 23.8 Å². The molecule has 0 saturated heterocycles. The van der Waals surface area contributed by atoms with Gasteiger partial charge < -0.3 is 23.9 Å². The van der Waals surface area contributed by atoms with E-state index in [1.54, 1.807) is 21.3 Å². The third-order valence-corrected chi connectivity index (χ3v) is 4.97. The predicted octanol–water partition coefficient (Wildman–Crippen LogP) is 3.47. The third-order valence-electron chi connectivity index (χ3n) is 4.10. The predicted molar refractivity (Wildman–Crippen MR) is 106 cm³/mol. The van der Waals surface area contributed by atoms with Crippen LogP contribution in [0, 0.1) is 0 Å². The normalized spacial score (nSPS) is 11.5. The Morgan fingerprint density at radius 3 is 2.41 bits per heavy atom. The second-order valence-corrected chi connectivity index (χ2v) is 6.47. The highest BCUT2D eigenvalue weighted by molar-refractivity contribution is 7.07. The van der Waals surface area contributed by atoms with Crippen LogP contribution < -0.4 is 19.0 Å². The standard InChI is InChI=1S/C20H22N2O4S/c1-24-17-7-5-4-6-15(17)21-20-22(10-11-23)16(13-27-20)14-8-9-18(25-2)19(12-14)26-3/h4-9,12-13,23H,10-11H2,1-3H3. The quantitative estimate of drug-likeness (QED) is 0.675. The molecule has 1 N–H and O–H groups in total. The van der Waals surface area contributed by atoms with Crippen LogP contribution in [0.5, 0.6) is 17.2 Å². The van der Waals surface area contributed by atoms with E-state index in [0.717, 1.165) is 21.7 Å². The molecule has 0 saturated carbocycles. The van der Waals surface area contributed by atoms with Gasteiger partial charge in [-0.25, -0.2) is 4.99 Å². The molecule has 0 atom stereocenters. The summed E-state index contributed by atoms with van der Waals surface area (Å²) < 4.78 is 18.1. The molecule has 0 aliphatic heterocycles. The van der Waals surface area contributed by atoms with Crippen LogP contribution in [-0.4, -0.2) is 37.6 Å². The minimum Gasteiger partial charge on any atom is -0.494 e. The maximum Gasteiger partial charge on any atom is 0.190 e. The summed E-state index contributed by atoms with van der Waals surface area (Å²) in [6.45, 7) is 0.442. The minimum atomic E-state index is 0.0101. The number of thiazole rings is 1. The zero-order valence-electron chi connectivity index (χ0n) is 15.5. The van der Waals surface area contributed by atoms with Gasteiger partial charge in [0.25, 0.3) is 0 Å². The van der Waals surface area contributed by atoms with Gasteiger partial charge in [-0.2, -0.15) is 0 Å². The van der Waals surface area contributed by atoms with E-state index in [4.69, 9.17) is 19.2 Å². The Kier molecular flexibility index (Phi) is 6.16. The van der Waals surface area contributed by atoms with Gasteiger partial charge in [0.15, 0.2) is 16.3 Å². The molecule has 0 unspecified atom stereocenters. The molecule has 7 heteroatoms. The highest BCUT2D eigenvalue weighted by Crippen LogP contribution is 2.33. The Hall–Kier alpha value is -2.77. The van der Waals surface area contributed by atoms with E-state index in [-0.39, 0.29) is 6.61 Å². The lowest BCUT2D eigenvalue weighted by Gasteiger charge is -2.11.